The second kappa shape index (κ2) is 5.52. The zero-order valence-electron chi connectivity index (χ0n) is 13.4. The van der Waals surface area contributed by atoms with Crippen molar-refractivity contribution in [1.29, 1.82) is 0 Å². The Hall–Kier alpha value is -2.01. The molecule has 0 bridgehead atoms. The topological polar surface area (TPSA) is 62.5 Å². The van der Waals surface area contributed by atoms with Crippen molar-refractivity contribution in [1.82, 2.24) is 9.47 Å². The van der Waals surface area contributed by atoms with Gasteiger partial charge in [-0.2, -0.15) is 0 Å². The molecule has 0 spiro atoms. The van der Waals surface area contributed by atoms with Crippen LogP contribution < -0.4 is 0 Å². The van der Waals surface area contributed by atoms with Crippen molar-refractivity contribution in [3.63, 3.8) is 0 Å². The number of amides is 1. The van der Waals surface area contributed by atoms with Gasteiger partial charge in [-0.1, -0.05) is 36.2 Å². The average molecular weight is 347 g/mol. The van der Waals surface area contributed by atoms with Gasteiger partial charge in [0.2, 0.25) is 0 Å². The fraction of sp³-hybridized carbons (Fsp3) is 0.444. The quantitative estimate of drug-likeness (QED) is 0.908. The first-order valence-corrected chi connectivity index (χ1v) is 8.65. The number of carbonyl (C=O) groups is 2. The molecule has 1 amide bonds. The van der Waals surface area contributed by atoms with E-state index in [0.29, 0.717) is 23.2 Å². The summed E-state index contributed by atoms with van der Waals surface area (Å²) in [4.78, 5) is 26.5. The summed E-state index contributed by atoms with van der Waals surface area (Å²) in [6.45, 7) is 0.512. The number of carboxylic acid groups (broad SMARTS) is 1. The fourth-order valence-electron chi connectivity index (χ4n) is 4.55. The number of carbonyl (C=O) groups excluding carboxylic acids is 1. The van der Waals surface area contributed by atoms with Gasteiger partial charge < -0.3 is 14.6 Å². The van der Waals surface area contributed by atoms with Gasteiger partial charge in [-0.3, -0.25) is 4.79 Å². The van der Waals surface area contributed by atoms with Crippen LogP contribution in [0.3, 0.4) is 0 Å². The molecule has 1 saturated heterocycles. The molecular weight excluding hydrogens is 328 g/mol. The van der Waals surface area contributed by atoms with Gasteiger partial charge in [-0.15, -0.1) is 0 Å². The van der Waals surface area contributed by atoms with Crippen LogP contribution in [0.4, 0.5) is 0 Å². The first kappa shape index (κ1) is 15.5. The molecule has 2 heterocycles. The van der Waals surface area contributed by atoms with Crippen LogP contribution in [0.15, 0.2) is 24.3 Å². The van der Waals surface area contributed by atoms with Gasteiger partial charge in [0.1, 0.15) is 11.7 Å². The van der Waals surface area contributed by atoms with E-state index in [1.54, 1.807) is 11.6 Å². The van der Waals surface area contributed by atoms with Crippen LogP contribution >= 0.6 is 11.6 Å². The van der Waals surface area contributed by atoms with E-state index < -0.39 is 12.0 Å². The maximum absolute atomic E-state index is 13.2. The van der Waals surface area contributed by atoms with Gasteiger partial charge in [0.15, 0.2) is 0 Å². The zero-order valence-corrected chi connectivity index (χ0v) is 14.2. The Morgan fingerprint density at radius 1 is 1.25 bits per heavy atom. The molecule has 3 atom stereocenters. The summed E-state index contributed by atoms with van der Waals surface area (Å²) in [5, 5.41) is 10.9. The number of fused-ring (bicyclic) bond motifs is 2. The number of nitrogens with zero attached hydrogens (tertiary/aromatic N) is 2. The van der Waals surface area contributed by atoms with Crippen LogP contribution in [0, 0.1) is 11.8 Å². The predicted octanol–water partition coefficient (Wildman–Crippen LogP) is 3.16. The second-order valence-electron chi connectivity index (χ2n) is 6.83. The minimum Gasteiger partial charge on any atom is -0.480 e. The van der Waals surface area contributed by atoms with E-state index in [0.717, 1.165) is 30.2 Å². The monoisotopic (exact) mass is 346 g/mol. The molecular formula is C18H19ClN2O3. The third-order valence-electron chi connectivity index (χ3n) is 5.65. The Morgan fingerprint density at radius 2 is 2.00 bits per heavy atom. The molecule has 1 aliphatic heterocycles. The van der Waals surface area contributed by atoms with E-state index in [4.69, 9.17) is 11.6 Å². The third kappa shape index (κ3) is 2.07. The highest BCUT2D eigenvalue weighted by molar-refractivity contribution is 6.38. The predicted molar refractivity (Wildman–Crippen MR) is 91.2 cm³/mol. The lowest BCUT2D eigenvalue weighted by Gasteiger charge is -2.24. The standard InChI is InChI=1S/C18H19ClN2O3/c1-20-13-8-3-2-6-12(13)14(19)16(20)17(22)21-9-10-5-4-7-11(10)15(21)18(23)24/h2-3,6,8,10-11,15H,4-5,7,9H2,1H3,(H,23,24). The zero-order chi connectivity index (χ0) is 17.0. The second-order valence-corrected chi connectivity index (χ2v) is 7.21. The maximum atomic E-state index is 13.2. The van der Waals surface area contributed by atoms with E-state index in [1.807, 2.05) is 24.3 Å². The number of benzene rings is 1. The fourth-order valence-corrected chi connectivity index (χ4v) is 4.92. The molecule has 2 fully saturated rings. The van der Waals surface area contributed by atoms with Crippen molar-refractivity contribution in [3.8, 4) is 0 Å². The number of likely N-dealkylation sites (tertiary alicyclic amines) is 1. The number of aromatic nitrogens is 1. The summed E-state index contributed by atoms with van der Waals surface area (Å²) in [5.74, 6) is -0.823. The number of carboxylic acids is 1. The molecule has 0 radical (unpaired) electrons. The SMILES string of the molecule is Cn1c(C(=O)N2CC3CCCC3C2C(=O)O)c(Cl)c2ccccc21. The molecule has 6 heteroatoms. The lowest BCUT2D eigenvalue weighted by Crippen LogP contribution is -2.43. The summed E-state index contributed by atoms with van der Waals surface area (Å²) in [6, 6.07) is 6.82. The number of aliphatic carboxylic acids is 1. The molecule has 4 rings (SSSR count). The third-order valence-corrected chi connectivity index (χ3v) is 6.03. The van der Waals surface area contributed by atoms with Gasteiger partial charge in [0.25, 0.3) is 5.91 Å². The van der Waals surface area contributed by atoms with E-state index >= 15 is 0 Å². The highest BCUT2D eigenvalue weighted by Crippen LogP contribution is 2.43. The molecule has 24 heavy (non-hydrogen) atoms. The average Bonchev–Trinajstić information content (AvgIpc) is 3.20. The number of para-hydroxylation sites is 1. The summed E-state index contributed by atoms with van der Waals surface area (Å²) in [5.41, 5.74) is 1.25. The van der Waals surface area contributed by atoms with Crippen LogP contribution in [-0.2, 0) is 11.8 Å². The molecule has 1 N–H and O–H groups in total. The van der Waals surface area contributed by atoms with Crippen LogP contribution in [0.2, 0.25) is 5.02 Å². The Labute approximate surface area is 144 Å². The van der Waals surface area contributed by atoms with Crippen molar-refractivity contribution in [3.05, 3.63) is 35.0 Å². The lowest BCUT2D eigenvalue weighted by molar-refractivity contribution is -0.142. The summed E-state index contributed by atoms with van der Waals surface area (Å²) in [7, 11) is 1.80. The molecule has 3 unspecified atom stereocenters. The molecule has 1 aromatic heterocycles. The van der Waals surface area contributed by atoms with Crippen LogP contribution in [0.1, 0.15) is 29.8 Å². The highest BCUT2D eigenvalue weighted by atomic mass is 35.5. The van der Waals surface area contributed by atoms with Crippen LogP contribution in [0.5, 0.6) is 0 Å². The molecule has 5 nitrogen and oxygen atoms in total. The van der Waals surface area contributed by atoms with Gasteiger partial charge in [0, 0.05) is 24.5 Å². The van der Waals surface area contributed by atoms with Crippen LogP contribution in [0.25, 0.3) is 10.9 Å². The molecule has 1 aliphatic carbocycles. The number of hydrogen-bond donors (Lipinski definition) is 1. The highest BCUT2D eigenvalue weighted by Gasteiger charge is 2.50. The van der Waals surface area contributed by atoms with Crippen molar-refractivity contribution >= 4 is 34.4 Å². The first-order chi connectivity index (χ1) is 11.5. The number of hydrogen-bond acceptors (Lipinski definition) is 2. The Balaban J connectivity index is 1.78. The largest absolute Gasteiger partial charge is 0.480 e. The van der Waals surface area contributed by atoms with Crippen molar-refractivity contribution in [2.75, 3.05) is 6.54 Å². The molecule has 2 aromatic rings. The maximum Gasteiger partial charge on any atom is 0.326 e. The summed E-state index contributed by atoms with van der Waals surface area (Å²) < 4.78 is 1.77. The number of rotatable bonds is 2. The van der Waals surface area contributed by atoms with Gasteiger partial charge in [0.05, 0.1) is 5.02 Å². The van der Waals surface area contributed by atoms with Crippen LogP contribution in [-0.4, -0.2) is 39.0 Å². The molecule has 126 valence electrons. The van der Waals surface area contributed by atoms with E-state index in [2.05, 4.69) is 0 Å². The van der Waals surface area contributed by atoms with Gasteiger partial charge in [-0.05, 0) is 30.7 Å². The first-order valence-electron chi connectivity index (χ1n) is 8.27. The summed E-state index contributed by atoms with van der Waals surface area (Å²) >= 11 is 6.47. The molecule has 1 saturated carbocycles. The summed E-state index contributed by atoms with van der Waals surface area (Å²) in [6.07, 6.45) is 2.94. The Kier molecular flexibility index (Phi) is 3.57. The van der Waals surface area contributed by atoms with Crippen molar-refractivity contribution in [2.45, 2.75) is 25.3 Å². The molecule has 2 aliphatic rings. The lowest BCUT2D eigenvalue weighted by atomic mass is 9.94. The van der Waals surface area contributed by atoms with E-state index in [-0.39, 0.29) is 11.8 Å². The van der Waals surface area contributed by atoms with E-state index in [9.17, 15) is 14.7 Å². The minimum atomic E-state index is -0.910. The minimum absolute atomic E-state index is 0.0694. The van der Waals surface area contributed by atoms with Crippen molar-refractivity contribution in [2.24, 2.45) is 18.9 Å². The van der Waals surface area contributed by atoms with Gasteiger partial charge in [-0.25, -0.2) is 4.79 Å². The Morgan fingerprint density at radius 3 is 2.71 bits per heavy atom. The number of aryl methyl sites for hydroxylation is 1. The smallest absolute Gasteiger partial charge is 0.326 e. The normalized spacial score (nSPS) is 26.1. The molecule has 1 aromatic carbocycles. The van der Waals surface area contributed by atoms with Gasteiger partial charge >= 0.3 is 5.97 Å². The van der Waals surface area contributed by atoms with E-state index in [1.165, 1.54) is 4.90 Å². The van der Waals surface area contributed by atoms with Crippen molar-refractivity contribution < 1.29 is 14.7 Å². The number of halogens is 1. The Bertz CT molecular complexity index is 805.